The molecule has 0 rings (SSSR count). The second-order valence-corrected chi connectivity index (χ2v) is 23.0. The zero-order valence-electron chi connectivity index (χ0n) is 51.1. The Balaban J connectivity index is 3.77. The van der Waals surface area contributed by atoms with Gasteiger partial charge >= 0.3 is 19.8 Å². The number of phosphoric ester groups is 1. The fourth-order valence-corrected chi connectivity index (χ4v) is 9.97. The highest BCUT2D eigenvalue weighted by molar-refractivity contribution is 7.47. The molecule has 0 fully saturated rings. The molecule has 456 valence electrons. The highest BCUT2D eigenvalue weighted by Gasteiger charge is 2.26. The summed E-state index contributed by atoms with van der Waals surface area (Å²) in [7, 11) is -4.40. The summed E-state index contributed by atoms with van der Waals surface area (Å²) >= 11 is 0. The molecule has 10 heteroatoms. The smallest absolute Gasteiger partial charge is 0.462 e. The third-order valence-corrected chi connectivity index (χ3v) is 14.9. The van der Waals surface area contributed by atoms with Crippen LogP contribution in [0.1, 0.15) is 296 Å². The van der Waals surface area contributed by atoms with Crippen molar-refractivity contribution in [3.05, 3.63) is 97.2 Å². The summed E-state index contributed by atoms with van der Waals surface area (Å²) in [6.07, 6.45) is 86.6. The first kappa shape index (κ1) is 75.9. The molecule has 0 aliphatic heterocycles. The molecule has 0 aromatic carbocycles. The Labute approximate surface area is 486 Å². The summed E-state index contributed by atoms with van der Waals surface area (Å²) in [5, 5.41) is 0. The van der Waals surface area contributed by atoms with Crippen LogP contribution in [0, 0.1) is 0 Å². The van der Waals surface area contributed by atoms with E-state index in [0.717, 1.165) is 96.3 Å². The number of carbonyl (C=O) groups is 2. The summed E-state index contributed by atoms with van der Waals surface area (Å²) in [4.78, 5) is 35.2. The van der Waals surface area contributed by atoms with Crippen molar-refractivity contribution >= 4 is 19.8 Å². The minimum Gasteiger partial charge on any atom is -0.462 e. The molecule has 0 aromatic rings. The number of unbranched alkanes of at least 4 members (excludes halogenated alkanes) is 32. The molecule has 0 heterocycles. The first-order valence-corrected chi connectivity index (χ1v) is 34.2. The second-order valence-electron chi connectivity index (χ2n) is 21.6. The predicted molar refractivity (Wildman–Crippen MR) is 339 cm³/mol. The van der Waals surface area contributed by atoms with Crippen molar-refractivity contribution in [3.63, 3.8) is 0 Å². The number of hydrogen-bond donors (Lipinski definition) is 2. The predicted octanol–water partition coefficient (Wildman–Crippen LogP) is 21.2. The van der Waals surface area contributed by atoms with Crippen molar-refractivity contribution in [1.29, 1.82) is 0 Å². The minimum atomic E-state index is -4.40. The second kappa shape index (κ2) is 64.1. The molecule has 0 aromatic heterocycles. The van der Waals surface area contributed by atoms with Crippen LogP contribution in [0.2, 0.25) is 0 Å². The lowest BCUT2D eigenvalue weighted by atomic mass is 10.0. The Morgan fingerprint density at radius 1 is 0.380 bits per heavy atom. The van der Waals surface area contributed by atoms with Crippen LogP contribution < -0.4 is 5.73 Å². The van der Waals surface area contributed by atoms with Gasteiger partial charge in [-0.05, 0) is 89.9 Å². The molecule has 2 unspecified atom stereocenters. The van der Waals surface area contributed by atoms with Gasteiger partial charge in [0.2, 0.25) is 0 Å². The maximum Gasteiger partial charge on any atom is 0.472 e. The molecule has 79 heavy (non-hydrogen) atoms. The minimum absolute atomic E-state index is 0.0478. The van der Waals surface area contributed by atoms with Crippen molar-refractivity contribution in [2.24, 2.45) is 5.73 Å². The standard InChI is InChI=1S/C69H122NO8P/c1-3-5-7-9-11-13-15-17-19-21-22-23-24-25-26-27-28-29-30-31-32-33-34-35-36-37-38-39-40-41-42-43-44-46-48-50-52-54-56-58-60-62-69(72)78-67(66-77-79(73,74)76-64-63-70)65-75-68(71)61-59-57-55-53-51-49-47-45-20-18-16-14-12-10-8-6-4-2/h5-8,11-14,17-20,22-23,47,49,67H,3-4,9-10,15-16,21,24-46,48,50-66,70H2,1-2H3,(H,73,74)/b7-5-,8-6-,13-11-,14-12-,19-17-,20-18-,23-22-,49-47-. The van der Waals surface area contributed by atoms with E-state index in [0.29, 0.717) is 12.8 Å². The quantitative estimate of drug-likeness (QED) is 0.0264. The van der Waals surface area contributed by atoms with E-state index in [-0.39, 0.29) is 32.6 Å². The molecule has 9 nitrogen and oxygen atoms in total. The summed E-state index contributed by atoms with van der Waals surface area (Å²) in [5.41, 5.74) is 5.38. The van der Waals surface area contributed by atoms with E-state index >= 15 is 0 Å². The number of hydrogen-bond acceptors (Lipinski definition) is 8. The van der Waals surface area contributed by atoms with E-state index in [2.05, 4.69) is 111 Å². The van der Waals surface area contributed by atoms with Crippen molar-refractivity contribution in [2.45, 2.75) is 302 Å². The first-order valence-electron chi connectivity index (χ1n) is 32.7. The molecule has 0 saturated heterocycles. The maximum absolute atomic E-state index is 12.7. The molecule has 3 N–H and O–H groups in total. The van der Waals surface area contributed by atoms with Crippen molar-refractivity contribution in [1.82, 2.24) is 0 Å². The van der Waals surface area contributed by atoms with Crippen LogP contribution in [0.4, 0.5) is 0 Å². The lowest BCUT2D eigenvalue weighted by molar-refractivity contribution is -0.161. The summed E-state index contributed by atoms with van der Waals surface area (Å²) in [6, 6.07) is 0. The van der Waals surface area contributed by atoms with Gasteiger partial charge in [0.1, 0.15) is 6.61 Å². The first-order chi connectivity index (χ1) is 38.8. The molecule has 2 atom stereocenters. The number of nitrogens with two attached hydrogens (primary N) is 1. The van der Waals surface area contributed by atoms with E-state index in [1.54, 1.807) is 0 Å². The van der Waals surface area contributed by atoms with Gasteiger partial charge in [-0.25, -0.2) is 4.57 Å². The van der Waals surface area contributed by atoms with Crippen LogP contribution in [0.25, 0.3) is 0 Å². The van der Waals surface area contributed by atoms with Gasteiger partial charge in [0.25, 0.3) is 0 Å². The van der Waals surface area contributed by atoms with Crippen LogP contribution in [-0.2, 0) is 32.7 Å². The van der Waals surface area contributed by atoms with Crippen LogP contribution in [0.3, 0.4) is 0 Å². The van der Waals surface area contributed by atoms with Gasteiger partial charge in [-0.2, -0.15) is 0 Å². The maximum atomic E-state index is 12.7. The molecule has 0 aliphatic carbocycles. The topological polar surface area (TPSA) is 134 Å². The van der Waals surface area contributed by atoms with Crippen molar-refractivity contribution in [3.8, 4) is 0 Å². The Bertz CT molecular complexity index is 1610. The number of allylic oxidation sites excluding steroid dienone is 16. The number of carbonyl (C=O) groups excluding carboxylic acids is 2. The fraction of sp³-hybridized carbons (Fsp3) is 0.739. The van der Waals surface area contributed by atoms with Crippen LogP contribution in [0.15, 0.2) is 97.2 Å². The molecule has 0 aliphatic rings. The highest BCUT2D eigenvalue weighted by Crippen LogP contribution is 2.43. The lowest BCUT2D eigenvalue weighted by Gasteiger charge is -2.19. The van der Waals surface area contributed by atoms with Crippen LogP contribution >= 0.6 is 7.82 Å². The van der Waals surface area contributed by atoms with Gasteiger partial charge in [0.05, 0.1) is 13.2 Å². The van der Waals surface area contributed by atoms with Gasteiger partial charge in [0.15, 0.2) is 6.10 Å². The highest BCUT2D eigenvalue weighted by atomic mass is 31.2. The molecule has 0 amide bonds. The summed E-state index contributed by atoms with van der Waals surface area (Å²) < 4.78 is 33.0. The van der Waals surface area contributed by atoms with Gasteiger partial charge in [-0.3, -0.25) is 18.6 Å². The molecule has 0 saturated carbocycles. The number of ether oxygens (including phenoxy) is 2. The largest absolute Gasteiger partial charge is 0.472 e. The lowest BCUT2D eigenvalue weighted by Crippen LogP contribution is -2.29. The van der Waals surface area contributed by atoms with Crippen LogP contribution in [0.5, 0.6) is 0 Å². The molecule has 0 spiro atoms. The van der Waals surface area contributed by atoms with Crippen LogP contribution in [-0.4, -0.2) is 49.3 Å². The molecular weight excluding hydrogens is 1000 g/mol. The number of esters is 2. The normalized spacial score (nSPS) is 13.6. The van der Waals surface area contributed by atoms with Gasteiger partial charge in [-0.15, -0.1) is 0 Å². The summed E-state index contributed by atoms with van der Waals surface area (Å²) in [5.74, 6) is -0.849. The average molecular weight is 1120 g/mol. The van der Waals surface area contributed by atoms with Gasteiger partial charge in [0, 0.05) is 19.4 Å². The van der Waals surface area contributed by atoms with E-state index in [4.69, 9.17) is 24.3 Å². The van der Waals surface area contributed by atoms with E-state index in [1.165, 1.54) is 161 Å². The summed E-state index contributed by atoms with van der Waals surface area (Å²) in [6.45, 7) is 3.51. The molecular formula is C69H122NO8P. The van der Waals surface area contributed by atoms with Gasteiger partial charge < -0.3 is 20.1 Å². The zero-order valence-corrected chi connectivity index (χ0v) is 52.0. The Morgan fingerprint density at radius 2 is 0.658 bits per heavy atom. The number of rotatable bonds is 61. The Hall–Kier alpha value is -3.07. The van der Waals surface area contributed by atoms with E-state index < -0.39 is 32.5 Å². The Morgan fingerprint density at radius 3 is 0.975 bits per heavy atom. The van der Waals surface area contributed by atoms with Gasteiger partial charge in [-0.1, -0.05) is 291 Å². The monoisotopic (exact) mass is 1120 g/mol. The van der Waals surface area contributed by atoms with Crippen molar-refractivity contribution in [2.75, 3.05) is 26.4 Å². The molecule has 0 radical (unpaired) electrons. The number of phosphoric acid groups is 1. The third kappa shape index (κ3) is 64.0. The fourth-order valence-electron chi connectivity index (χ4n) is 9.21. The Kier molecular flexibility index (Phi) is 61.6. The zero-order chi connectivity index (χ0) is 57.3. The SMILES string of the molecule is CC/C=C\C/C=C\C/C=C\C/C=C\CCCCCCCCCCCCCCCCCCCCCCCCCCCCCCC(=O)OC(COC(=O)CCCCCC/C=C\C/C=C\C/C=C\C/C=C\CC)COP(=O)(O)OCCN. The average Bonchev–Trinajstić information content (AvgIpc) is 3.44. The van der Waals surface area contributed by atoms with Crippen molar-refractivity contribution < 1.29 is 37.6 Å². The molecule has 0 bridgehead atoms. The van der Waals surface area contributed by atoms with E-state index in [9.17, 15) is 19.0 Å². The van der Waals surface area contributed by atoms with E-state index in [1.807, 2.05) is 0 Å². The third-order valence-electron chi connectivity index (χ3n) is 14.0.